The van der Waals surface area contributed by atoms with Crippen LogP contribution in [0.1, 0.15) is 34.1 Å². The van der Waals surface area contributed by atoms with E-state index in [1.54, 1.807) is 7.05 Å². The molecule has 56 valence electrons. The van der Waals surface area contributed by atoms with Crippen LogP contribution >= 0.6 is 0 Å². The van der Waals surface area contributed by atoms with E-state index in [-0.39, 0.29) is 0 Å². The summed E-state index contributed by atoms with van der Waals surface area (Å²) in [5.74, 6) is 0. The minimum Gasteiger partial charge on any atom is -0.197 e. The van der Waals surface area contributed by atoms with Crippen molar-refractivity contribution in [3.63, 3.8) is 0 Å². The van der Waals surface area contributed by atoms with Crippen LogP contribution in [0.5, 0.6) is 0 Å². The van der Waals surface area contributed by atoms with E-state index in [1.807, 2.05) is 20.8 Å². The third-order valence-corrected chi connectivity index (χ3v) is 0.903. The molecular formula is C7H18N2. The lowest BCUT2D eigenvalue weighted by atomic mass is 10.3. The molecule has 0 amide bonds. The third-order valence-electron chi connectivity index (χ3n) is 0.903. The number of rotatable bonds is 2. The van der Waals surface area contributed by atoms with Crippen molar-refractivity contribution in [1.82, 2.24) is 0 Å². The van der Waals surface area contributed by atoms with Crippen LogP contribution in [0, 0.1) is 0 Å². The second kappa shape index (κ2) is 10.6. The molecule has 0 rings (SSSR count). The molecule has 0 aromatic heterocycles. The molecule has 0 fully saturated rings. The molecule has 0 aliphatic heterocycles. The zero-order valence-corrected chi connectivity index (χ0v) is 7.18. The standard InChI is InChI=1S/C5H12N2.C2H6/c1-4-5(2)7-6-3;1-2/h5H,4H2,1-3H3;1-2H3. The van der Waals surface area contributed by atoms with Gasteiger partial charge in [0.05, 0.1) is 6.04 Å². The Balaban J connectivity index is 0. The van der Waals surface area contributed by atoms with E-state index in [4.69, 9.17) is 0 Å². The molecule has 0 bridgehead atoms. The van der Waals surface area contributed by atoms with Gasteiger partial charge in [-0.05, 0) is 13.3 Å². The molecule has 0 aliphatic carbocycles. The van der Waals surface area contributed by atoms with Crippen molar-refractivity contribution in [3.05, 3.63) is 0 Å². The van der Waals surface area contributed by atoms with E-state index in [0.29, 0.717) is 6.04 Å². The van der Waals surface area contributed by atoms with Gasteiger partial charge in [0.1, 0.15) is 0 Å². The topological polar surface area (TPSA) is 24.7 Å². The van der Waals surface area contributed by atoms with Crippen molar-refractivity contribution in [2.75, 3.05) is 7.05 Å². The van der Waals surface area contributed by atoms with E-state index in [1.165, 1.54) is 0 Å². The fourth-order valence-corrected chi connectivity index (χ4v) is 0.279. The van der Waals surface area contributed by atoms with E-state index >= 15 is 0 Å². The lowest BCUT2D eigenvalue weighted by Crippen LogP contribution is -1.90. The van der Waals surface area contributed by atoms with Gasteiger partial charge in [-0.15, -0.1) is 0 Å². The van der Waals surface area contributed by atoms with Crippen LogP contribution in [0.2, 0.25) is 0 Å². The van der Waals surface area contributed by atoms with Crippen molar-refractivity contribution in [2.24, 2.45) is 10.2 Å². The molecule has 0 spiro atoms. The SMILES string of the molecule is CC.CCC(C)N=NC. The maximum absolute atomic E-state index is 3.87. The van der Waals surface area contributed by atoms with Crippen LogP contribution in [-0.4, -0.2) is 13.1 Å². The molecule has 2 heteroatoms. The summed E-state index contributed by atoms with van der Waals surface area (Å²) < 4.78 is 0. The Morgan fingerprint density at radius 1 is 1.33 bits per heavy atom. The van der Waals surface area contributed by atoms with Crippen molar-refractivity contribution in [1.29, 1.82) is 0 Å². The minimum absolute atomic E-state index is 0.407. The second-order valence-electron chi connectivity index (χ2n) is 1.57. The molecule has 0 radical (unpaired) electrons. The molecule has 0 heterocycles. The molecular weight excluding hydrogens is 112 g/mol. The van der Waals surface area contributed by atoms with Gasteiger partial charge in [-0.3, -0.25) is 0 Å². The van der Waals surface area contributed by atoms with Gasteiger partial charge in [-0.25, -0.2) is 0 Å². The van der Waals surface area contributed by atoms with Crippen molar-refractivity contribution >= 4 is 0 Å². The largest absolute Gasteiger partial charge is 0.197 e. The van der Waals surface area contributed by atoms with Crippen LogP contribution in [0.4, 0.5) is 0 Å². The lowest BCUT2D eigenvalue weighted by Gasteiger charge is -1.94. The Kier molecular flexibility index (Phi) is 13.4. The Bertz CT molecular complexity index is 59.9. The maximum Gasteiger partial charge on any atom is 0.0677 e. The second-order valence-corrected chi connectivity index (χ2v) is 1.57. The molecule has 2 nitrogen and oxygen atoms in total. The monoisotopic (exact) mass is 130 g/mol. The summed E-state index contributed by atoms with van der Waals surface area (Å²) in [6.45, 7) is 8.15. The summed E-state index contributed by atoms with van der Waals surface area (Å²) in [5.41, 5.74) is 0. The highest BCUT2D eigenvalue weighted by atomic mass is 15.1. The van der Waals surface area contributed by atoms with Gasteiger partial charge in [-0.1, -0.05) is 20.8 Å². The zero-order valence-electron chi connectivity index (χ0n) is 7.18. The van der Waals surface area contributed by atoms with Crippen LogP contribution in [-0.2, 0) is 0 Å². The molecule has 0 N–H and O–H groups in total. The molecule has 0 aliphatic rings. The quantitative estimate of drug-likeness (QED) is 0.513. The summed E-state index contributed by atoms with van der Waals surface area (Å²) in [6.07, 6.45) is 1.08. The number of hydrogen-bond acceptors (Lipinski definition) is 2. The molecule has 1 unspecified atom stereocenters. The van der Waals surface area contributed by atoms with Gasteiger partial charge < -0.3 is 0 Å². The average molecular weight is 130 g/mol. The van der Waals surface area contributed by atoms with Crippen LogP contribution in [0.25, 0.3) is 0 Å². The van der Waals surface area contributed by atoms with Crippen LogP contribution in [0.15, 0.2) is 10.2 Å². The third kappa shape index (κ3) is 11.3. The Hall–Kier alpha value is -0.400. The van der Waals surface area contributed by atoms with Gasteiger partial charge >= 0.3 is 0 Å². The molecule has 0 aromatic carbocycles. The predicted molar refractivity (Wildman–Crippen MR) is 41.9 cm³/mol. The van der Waals surface area contributed by atoms with Gasteiger partial charge in [0.2, 0.25) is 0 Å². The normalized spacial score (nSPS) is 12.6. The van der Waals surface area contributed by atoms with E-state index in [2.05, 4.69) is 17.2 Å². The Morgan fingerprint density at radius 3 is 1.89 bits per heavy atom. The van der Waals surface area contributed by atoms with Gasteiger partial charge in [-0.2, -0.15) is 10.2 Å². The first kappa shape index (κ1) is 11.4. The molecule has 1 atom stereocenters. The van der Waals surface area contributed by atoms with Crippen molar-refractivity contribution in [3.8, 4) is 0 Å². The van der Waals surface area contributed by atoms with Crippen molar-refractivity contribution in [2.45, 2.75) is 40.2 Å². The first-order valence-corrected chi connectivity index (χ1v) is 3.60. The highest BCUT2D eigenvalue weighted by molar-refractivity contribution is 4.49. The summed E-state index contributed by atoms with van der Waals surface area (Å²) >= 11 is 0. The molecule has 0 aromatic rings. The van der Waals surface area contributed by atoms with Crippen LogP contribution in [0.3, 0.4) is 0 Å². The summed E-state index contributed by atoms with van der Waals surface area (Å²) in [5, 5.41) is 7.50. The Morgan fingerprint density at radius 2 is 1.78 bits per heavy atom. The fraction of sp³-hybridized carbons (Fsp3) is 1.00. The number of azo groups is 1. The predicted octanol–water partition coefficient (Wildman–Crippen LogP) is 2.89. The van der Waals surface area contributed by atoms with E-state index in [9.17, 15) is 0 Å². The Labute approximate surface area is 58.4 Å². The highest BCUT2D eigenvalue weighted by Crippen LogP contribution is 1.93. The van der Waals surface area contributed by atoms with E-state index < -0.39 is 0 Å². The van der Waals surface area contributed by atoms with Gasteiger partial charge in [0.15, 0.2) is 0 Å². The van der Waals surface area contributed by atoms with Gasteiger partial charge in [0, 0.05) is 7.05 Å². The van der Waals surface area contributed by atoms with E-state index in [0.717, 1.165) is 6.42 Å². The van der Waals surface area contributed by atoms with Crippen molar-refractivity contribution < 1.29 is 0 Å². The first-order valence-electron chi connectivity index (χ1n) is 3.60. The molecule has 0 saturated heterocycles. The number of nitrogens with zero attached hydrogens (tertiary/aromatic N) is 2. The first-order chi connectivity index (χ1) is 4.31. The fourth-order valence-electron chi connectivity index (χ4n) is 0.279. The van der Waals surface area contributed by atoms with Gasteiger partial charge in [0.25, 0.3) is 0 Å². The zero-order chi connectivity index (χ0) is 7.70. The maximum atomic E-state index is 3.87. The van der Waals surface area contributed by atoms with Crippen LogP contribution < -0.4 is 0 Å². The molecule has 9 heavy (non-hydrogen) atoms. The minimum atomic E-state index is 0.407. The molecule has 0 saturated carbocycles. The summed E-state index contributed by atoms with van der Waals surface area (Å²) in [7, 11) is 1.70. The summed E-state index contributed by atoms with van der Waals surface area (Å²) in [4.78, 5) is 0. The average Bonchev–Trinajstić information content (AvgIpc) is 1.93. The highest BCUT2D eigenvalue weighted by Gasteiger charge is 1.88. The number of hydrogen-bond donors (Lipinski definition) is 0. The summed E-state index contributed by atoms with van der Waals surface area (Å²) in [6, 6.07) is 0.407. The lowest BCUT2D eigenvalue weighted by molar-refractivity contribution is 0.674. The smallest absolute Gasteiger partial charge is 0.0677 e.